The number of benzene rings is 1. The zero-order valence-electron chi connectivity index (χ0n) is 12.4. The third-order valence-corrected chi connectivity index (χ3v) is 4.56. The van der Waals surface area contributed by atoms with Crippen LogP contribution in [0.5, 0.6) is 0 Å². The highest BCUT2D eigenvalue weighted by Crippen LogP contribution is 2.19. The molecule has 0 spiro atoms. The molecule has 2 amide bonds. The minimum absolute atomic E-state index is 0.0397. The Labute approximate surface area is 139 Å². The molecule has 7 heteroatoms. The van der Waals surface area contributed by atoms with E-state index in [-0.39, 0.29) is 17.9 Å². The Bertz CT molecular complexity index is 524. The molecule has 1 aliphatic heterocycles. The number of hydrogen-bond acceptors (Lipinski definition) is 4. The van der Waals surface area contributed by atoms with E-state index >= 15 is 0 Å². The van der Waals surface area contributed by atoms with E-state index in [9.17, 15) is 9.59 Å². The van der Waals surface area contributed by atoms with Gasteiger partial charge in [-0.05, 0) is 24.3 Å². The predicted octanol–water partition coefficient (Wildman–Crippen LogP) is 1.80. The van der Waals surface area contributed by atoms with E-state index in [1.165, 1.54) is 11.8 Å². The summed E-state index contributed by atoms with van der Waals surface area (Å²) in [5.41, 5.74) is 0. The van der Waals surface area contributed by atoms with Crippen LogP contribution in [0.4, 0.5) is 0 Å². The molecule has 0 saturated carbocycles. The van der Waals surface area contributed by atoms with Crippen LogP contribution in [0.25, 0.3) is 0 Å². The number of carbonyl (C=O) groups is 2. The zero-order valence-corrected chi connectivity index (χ0v) is 14.0. The molecule has 2 rings (SSSR count). The monoisotopic (exact) mass is 342 g/mol. The summed E-state index contributed by atoms with van der Waals surface area (Å²) < 4.78 is 5.55. The third kappa shape index (κ3) is 5.51. The maximum Gasteiger partial charge on any atom is 0.230 e. The first-order chi connectivity index (χ1) is 10.5. The Morgan fingerprint density at radius 2 is 2.14 bits per heavy atom. The van der Waals surface area contributed by atoms with Crippen molar-refractivity contribution in [3.05, 3.63) is 29.3 Å². The molecule has 0 radical (unpaired) electrons. The molecular formula is C15H19ClN2O3S. The fraction of sp³-hybridized carbons (Fsp3) is 0.467. The van der Waals surface area contributed by atoms with E-state index in [2.05, 4.69) is 5.32 Å². The number of carbonyl (C=O) groups excluding carboxylic acids is 2. The van der Waals surface area contributed by atoms with E-state index in [0.717, 1.165) is 4.90 Å². The van der Waals surface area contributed by atoms with Crippen LogP contribution < -0.4 is 5.32 Å². The Hall–Kier alpha value is -1.24. The van der Waals surface area contributed by atoms with Gasteiger partial charge in [-0.15, -0.1) is 11.8 Å². The van der Waals surface area contributed by atoms with Crippen molar-refractivity contribution in [3.8, 4) is 0 Å². The highest BCUT2D eigenvalue weighted by atomic mass is 35.5. The van der Waals surface area contributed by atoms with Gasteiger partial charge in [0.2, 0.25) is 11.8 Å². The number of morpholine rings is 1. The fourth-order valence-corrected chi connectivity index (χ4v) is 2.94. The lowest BCUT2D eigenvalue weighted by molar-refractivity contribution is -0.136. The number of nitrogens with one attached hydrogen (secondary N) is 1. The Morgan fingerprint density at radius 1 is 1.41 bits per heavy atom. The SMILES string of the molecule is CC(=O)N1CCO[C@H](CNC(=O)CSc2ccc(Cl)cc2)C1. The Balaban J connectivity index is 1.69. The van der Waals surface area contributed by atoms with Crippen LogP contribution in [0, 0.1) is 0 Å². The number of ether oxygens (including phenoxy) is 1. The largest absolute Gasteiger partial charge is 0.373 e. The molecule has 0 unspecified atom stereocenters. The topological polar surface area (TPSA) is 58.6 Å². The van der Waals surface area contributed by atoms with Crippen LogP contribution in [0.2, 0.25) is 5.02 Å². The molecule has 120 valence electrons. The molecule has 1 fully saturated rings. The molecule has 1 N–H and O–H groups in total. The van der Waals surface area contributed by atoms with Gasteiger partial charge < -0.3 is 15.0 Å². The summed E-state index contributed by atoms with van der Waals surface area (Å²) in [5, 5.41) is 3.52. The van der Waals surface area contributed by atoms with Crippen molar-refractivity contribution in [2.75, 3.05) is 32.0 Å². The molecule has 5 nitrogen and oxygen atoms in total. The van der Waals surface area contributed by atoms with Crippen LogP contribution in [-0.4, -0.2) is 54.8 Å². The van der Waals surface area contributed by atoms with Crippen LogP contribution >= 0.6 is 23.4 Å². The van der Waals surface area contributed by atoms with E-state index in [0.29, 0.717) is 37.0 Å². The zero-order chi connectivity index (χ0) is 15.9. The Kier molecular flexibility index (Phi) is 6.54. The Morgan fingerprint density at radius 3 is 2.82 bits per heavy atom. The first kappa shape index (κ1) is 17.1. The number of hydrogen-bond donors (Lipinski definition) is 1. The summed E-state index contributed by atoms with van der Waals surface area (Å²) in [7, 11) is 0. The summed E-state index contributed by atoms with van der Waals surface area (Å²) in [5.74, 6) is 0.325. The van der Waals surface area contributed by atoms with Crippen LogP contribution in [-0.2, 0) is 14.3 Å². The molecule has 22 heavy (non-hydrogen) atoms. The third-order valence-electron chi connectivity index (χ3n) is 3.29. The first-order valence-electron chi connectivity index (χ1n) is 7.07. The molecule has 1 atom stereocenters. The predicted molar refractivity (Wildman–Crippen MR) is 87.2 cm³/mol. The molecule has 0 bridgehead atoms. The fourth-order valence-electron chi connectivity index (χ4n) is 2.09. The average Bonchev–Trinajstić information content (AvgIpc) is 2.52. The van der Waals surface area contributed by atoms with Gasteiger partial charge in [0.1, 0.15) is 0 Å². The standard InChI is InChI=1S/C15H19ClN2O3S/c1-11(19)18-6-7-21-13(9-18)8-17-15(20)10-22-14-4-2-12(16)3-5-14/h2-5,13H,6-10H2,1H3,(H,17,20)/t13-/m1/s1. The van der Waals surface area contributed by atoms with Gasteiger partial charge in [0.15, 0.2) is 0 Å². The van der Waals surface area contributed by atoms with Crippen molar-refractivity contribution < 1.29 is 14.3 Å². The van der Waals surface area contributed by atoms with Gasteiger partial charge in [0, 0.05) is 36.5 Å². The second-order valence-electron chi connectivity index (χ2n) is 5.00. The molecule has 1 aromatic rings. The molecule has 1 saturated heterocycles. The number of thioether (sulfide) groups is 1. The molecule has 0 aromatic heterocycles. The van der Waals surface area contributed by atoms with Crippen LogP contribution in [0.15, 0.2) is 29.2 Å². The maximum absolute atomic E-state index is 11.8. The highest BCUT2D eigenvalue weighted by Gasteiger charge is 2.22. The van der Waals surface area contributed by atoms with Crippen molar-refractivity contribution in [1.82, 2.24) is 10.2 Å². The van der Waals surface area contributed by atoms with E-state index in [4.69, 9.17) is 16.3 Å². The van der Waals surface area contributed by atoms with Crippen molar-refractivity contribution >= 4 is 35.2 Å². The summed E-state index contributed by atoms with van der Waals surface area (Å²) >= 11 is 7.27. The summed E-state index contributed by atoms with van der Waals surface area (Å²) in [6.45, 7) is 3.62. The quantitative estimate of drug-likeness (QED) is 0.829. The van der Waals surface area contributed by atoms with Crippen LogP contribution in [0.3, 0.4) is 0 Å². The van der Waals surface area contributed by atoms with Gasteiger partial charge >= 0.3 is 0 Å². The lowest BCUT2D eigenvalue weighted by Crippen LogP contribution is -2.49. The van der Waals surface area contributed by atoms with E-state index < -0.39 is 0 Å². The van der Waals surface area contributed by atoms with Crippen molar-refractivity contribution in [3.63, 3.8) is 0 Å². The van der Waals surface area contributed by atoms with Gasteiger partial charge in [-0.25, -0.2) is 0 Å². The molecule has 0 aliphatic carbocycles. The summed E-state index contributed by atoms with van der Waals surface area (Å²) in [6, 6.07) is 7.37. The second-order valence-corrected chi connectivity index (χ2v) is 6.49. The minimum atomic E-state index is -0.137. The number of amides is 2. The van der Waals surface area contributed by atoms with E-state index in [1.807, 2.05) is 12.1 Å². The average molecular weight is 343 g/mol. The van der Waals surface area contributed by atoms with Crippen molar-refractivity contribution in [2.45, 2.75) is 17.9 Å². The van der Waals surface area contributed by atoms with Gasteiger partial charge in [0.25, 0.3) is 0 Å². The lowest BCUT2D eigenvalue weighted by Gasteiger charge is -2.32. The minimum Gasteiger partial charge on any atom is -0.373 e. The molecule has 1 heterocycles. The van der Waals surface area contributed by atoms with Crippen LogP contribution in [0.1, 0.15) is 6.92 Å². The van der Waals surface area contributed by atoms with Gasteiger partial charge in [0.05, 0.1) is 18.5 Å². The van der Waals surface area contributed by atoms with Gasteiger partial charge in [-0.3, -0.25) is 9.59 Å². The van der Waals surface area contributed by atoms with Gasteiger partial charge in [-0.1, -0.05) is 11.6 Å². The number of nitrogens with zero attached hydrogens (tertiary/aromatic N) is 1. The summed E-state index contributed by atoms with van der Waals surface area (Å²) in [4.78, 5) is 25.9. The smallest absolute Gasteiger partial charge is 0.230 e. The first-order valence-corrected chi connectivity index (χ1v) is 8.43. The molecule has 1 aromatic carbocycles. The highest BCUT2D eigenvalue weighted by molar-refractivity contribution is 8.00. The maximum atomic E-state index is 11.8. The molecular weight excluding hydrogens is 324 g/mol. The van der Waals surface area contributed by atoms with Gasteiger partial charge in [-0.2, -0.15) is 0 Å². The normalized spacial score (nSPS) is 18.1. The molecule has 1 aliphatic rings. The number of halogens is 1. The number of rotatable bonds is 5. The summed E-state index contributed by atoms with van der Waals surface area (Å²) in [6.07, 6.45) is -0.137. The van der Waals surface area contributed by atoms with Crippen molar-refractivity contribution in [2.24, 2.45) is 0 Å². The van der Waals surface area contributed by atoms with Crippen molar-refractivity contribution in [1.29, 1.82) is 0 Å². The lowest BCUT2D eigenvalue weighted by atomic mass is 10.2. The van der Waals surface area contributed by atoms with E-state index in [1.54, 1.807) is 24.0 Å². The second kappa shape index (κ2) is 8.41.